The summed E-state index contributed by atoms with van der Waals surface area (Å²) in [5.74, 6) is 1.04. The standard InChI is InChI=1S/C25H36IN5O3/c1-13-16(7-6-8-19(13)26)12-31-23(22(15(3)32)21(34-31)11-28-30-27)24(33)29-20-10-17-9-18(14(20)2)25(17,4)5/h6-8,14-15,17-18,20-23,32H,9-12H2,1-5H3,(H,29,33)/t14-,15-,17-,18+,20-,21-,22+,23-/m0/s1. The number of hydrogen-bond acceptors (Lipinski definition) is 5. The molecular formula is C25H36IN5O3. The minimum Gasteiger partial charge on any atom is -0.393 e. The molecule has 1 aromatic rings. The molecule has 34 heavy (non-hydrogen) atoms. The first kappa shape index (κ1) is 25.7. The van der Waals surface area contributed by atoms with Crippen LogP contribution in [0.1, 0.15) is 51.7 Å². The topological polar surface area (TPSA) is 111 Å². The van der Waals surface area contributed by atoms with E-state index in [0.717, 1.165) is 21.1 Å². The van der Waals surface area contributed by atoms with Gasteiger partial charge in [-0.1, -0.05) is 38.0 Å². The normalized spacial score (nSPS) is 35.2. The highest BCUT2D eigenvalue weighted by atomic mass is 127. The molecule has 1 saturated heterocycles. The number of aliphatic hydroxyl groups excluding tert-OH is 1. The first-order chi connectivity index (χ1) is 16.1. The first-order valence-electron chi connectivity index (χ1n) is 12.2. The van der Waals surface area contributed by atoms with Gasteiger partial charge in [0.1, 0.15) is 6.04 Å². The molecule has 9 heteroatoms. The average Bonchev–Trinajstić information content (AvgIpc) is 3.14. The van der Waals surface area contributed by atoms with Gasteiger partial charge in [-0.2, -0.15) is 5.06 Å². The number of nitrogens with zero attached hydrogens (tertiary/aromatic N) is 4. The number of amides is 1. The summed E-state index contributed by atoms with van der Waals surface area (Å²) in [7, 11) is 0. The largest absolute Gasteiger partial charge is 0.393 e. The molecule has 8 atom stereocenters. The van der Waals surface area contributed by atoms with Crippen molar-refractivity contribution >= 4 is 28.5 Å². The minimum absolute atomic E-state index is 0.0653. The lowest BCUT2D eigenvalue weighted by Gasteiger charge is -2.62. The number of nitrogens with one attached hydrogen (secondary N) is 1. The Hall–Kier alpha value is -1.39. The smallest absolute Gasteiger partial charge is 0.240 e. The number of carbonyl (C=O) groups is 1. The maximum absolute atomic E-state index is 13.8. The number of azide groups is 1. The van der Waals surface area contributed by atoms with E-state index in [0.29, 0.717) is 29.7 Å². The highest BCUT2D eigenvalue weighted by molar-refractivity contribution is 14.1. The average molecular weight is 581 g/mol. The maximum atomic E-state index is 13.8. The van der Waals surface area contributed by atoms with Crippen LogP contribution >= 0.6 is 22.6 Å². The van der Waals surface area contributed by atoms with Gasteiger partial charge >= 0.3 is 0 Å². The summed E-state index contributed by atoms with van der Waals surface area (Å²) in [6.45, 7) is 11.2. The van der Waals surface area contributed by atoms with Gasteiger partial charge in [-0.15, -0.1) is 0 Å². The maximum Gasteiger partial charge on any atom is 0.240 e. The molecule has 5 rings (SSSR count). The van der Waals surface area contributed by atoms with Crippen LogP contribution in [-0.4, -0.2) is 46.9 Å². The van der Waals surface area contributed by atoms with E-state index in [2.05, 4.69) is 71.7 Å². The molecule has 4 aliphatic rings. The summed E-state index contributed by atoms with van der Waals surface area (Å²) < 4.78 is 1.14. The molecule has 0 spiro atoms. The fourth-order valence-corrected chi connectivity index (χ4v) is 7.15. The lowest BCUT2D eigenvalue weighted by Crippen LogP contribution is -2.62. The summed E-state index contributed by atoms with van der Waals surface area (Å²) >= 11 is 2.31. The Morgan fingerprint density at radius 1 is 1.44 bits per heavy atom. The van der Waals surface area contributed by atoms with Crippen molar-refractivity contribution in [2.24, 2.45) is 34.2 Å². The predicted molar refractivity (Wildman–Crippen MR) is 138 cm³/mol. The number of aliphatic hydroxyl groups is 1. The lowest BCUT2D eigenvalue weighted by molar-refractivity contribution is -0.175. The van der Waals surface area contributed by atoms with E-state index in [1.807, 2.05) is 12.1 Å². The van der Waals surface area contributed by atoms with Gasteiger partial charge in [0, 0.05) is 20.4 Å². The Bertz CT molecular complexity index is 979. The zero-order valence-electron chi connectivity index (χ0n) is 20.6. The van der Waals surface area contributed by atoms with Crippen molar-refractivity contribution in [3.63, 3.8) is 0 Å². The van der Waals surface area contributed by atoms with Crippen molar-refractivity contribution in [3.8, 4) is 0 Å². The van der Waals surface area contributed by atoms with Crippen LogP contribution in [0, 0.1) is 39.6 Å². The number of fused-ring (bicyclic) bond motifs is 2. The van der Waals surface area contributed by atoms with Gasteiger partial charge in [0.2, 0.25) is 5.91 Å². The molecule has 3 saturated carbocycles. The summed E-state index contributed by atoms with van der Waals surface area (Å²) in [6, 6.07) is 5.53. The van der Waals surface area contributed by atoms with E-state index < -0.39 is 24.2 Å². The molecule has 0 unspecified atom stereocenters. The molecule has 4 fully saturated rings. The van der Waals surface area contributed by atoms with Crippen molar-refractivity contribution in [1.82, 2.24) is 10.4 Å². The van der Waals surface area contributed by atoms with Crippen LogP contribution in [0.25, 0.3) is 10.4 Å². The fourth-order valence-electron chi connectivity index (χ4n) is 6.59. The van der Waals surface area contributed by atoms with Gasteiger partial charge in [-0.3, -0.25) is 9.63 Å². The molecule has 1 aliphatic heterocycles. The van der Waals surface area contributed by atoms with Crippen molar-refractivity contribution < 1.29 is 14.7 Å². The van der Waals surface area contributed by atoms with Crippen LogP contribution in [0.3, 0.4) is 0 Å². The second kappa shape index (κ2) is 9.93. The van der Waals surface area contributed by atoms with Crippen molar-refractivity contribution in [1.29, 1.82) is 0 Å². The third-order valence-corrected chi connectivity index (χ3v) is 10.1. The third kappa shape index (κ3) is 4.57. The van der Waals surface area contributed by atoms with Crippen LogP contribution in [0.2, 0.25) is 0 Å². The number of hydrogen-bond donors (Lipinski definition) is 2. The molecule has 1 aromatic carbocycles. The quantitative estimate of drug-likeness (QED) is 0.213. The lowest BCUT2D eigenvalue weighted by atomic mass is 9.45. The summed E-state index contributed by atoms with van der Waals surface area (Å²) in [4.78, 5) is 22.8. The molecule has 3 aliphatic carbocycles. The molecule has 2 N–H and O–H groups in total. The fraction of sp³-hybridized carbons (Fsp3) is 0.720. The van der Waals surface area contributed by atoms with Crippen LogP contribution in [0.15, 0.2) is 23.3 Å². The number of hydroxylamine groups is 2. The van der Waals surface area contributed by atoms with Gasteiger partial charge in [0.05, 0.1) is 25.3 Å². The number of halogens is 1. The number of rotatable bonds is 7. The Balaban J connectivity index is 1.58. The first-order valence-corrected chi connectivity index (χ1v) is 13.3. The molecule has 8 nitrogen and oxygen atoms in total. The Kier molecular flexibility index (Phi) is 7.51. The van der Waals surface area contributed by atoms with Crippen molar-refractivity contribution in [2.75, 3.05) is 6.54 Å². The van der Waals surface area contributed by atoms with E-state index in [1.54, 1.807) is 12.0 Å². The van der Waals surface area contributed by atoms with Gasteiger partial charge in [0.15, 0.2) is 0 Å². The van der Waals surface area contributed by atoms with Gasteiger partial charge in [0.25, 0.3) is 0 Å². The zero-order chi connectivity index (χ0) is 24.8. The number of carbonyl (C=O) groups excluding carboxylic acids is 1. The molecule has 2 bridgehead atoms. The minimum atomic E-state index is -0.798. The third-order valence-electron chi connectivity index (χ3n) is 8.91. The van der Waals surface area contributed by atoms with Crippen LogP contribution < -0.4 is 5.32 Å². The van der Waals surface area contributed by atoms with Crippen molar-refractivity contribution in [2.45, 2.75) is 78.3 Å². The predicted octanol–water partition coefficient (Wildman–Crippen LogP) is 4.58. The summed E-state index contributed by atoms with van der Waals surface area (Å²) in [5.41, 5.74) is 11.4. The van der Waals surface area contributed by atoms with E-state index >= 15 is 0 Å². The van der Waals surface area contributed by atoms with E-state index in [9.17, 15) is 9.90 Å². The summed E-state index contributed by atoms with van der Waals surface area (Å²) in [5, 5.41) is 19.4. The molecule has 1 heterocycles. The van der Waals surface area contributed by atoms with Crippen LogP contribution in [-0.2, 0) is 16.2 Å². The monoisotopic (exact) mass is 581 g/mol. The Morgan fingerprint density at radius 3 is 2.79 bits per heavy atom. The molecule has 186 valence electrons. The Labute approximate surface area is 215 Å². The number of benzene rings is 1. The SMILES string of the molecule is Cc1c(I)cccc1CN1O[C@@H](CN=[N+]=[N-])[C@@H]([C@H](C)O)[C@H]1C(=O)N[C@H]1C[C@@H]2C[C@H]([C@@H]1C)C2(C)C. The molecular weight excluding hydrogens is 545 g/mol. The highest BCUT2D eigenvalue weighted by Crippen LogP contribution is 2.61. The van der Waals surface area contributed by atoms with Crippen LogP contribution in [0.4, 0.5) is 0 Å². The highest BCUT2D eigenvalue weighted by Gasteiger charge is 2.57. The Morgan fingerprint density at radius 2 is 2.18 bits per heavy atom. The molecule has 0 radical (unpaired) electrons. The second-order valence-electron chi connectivity index (χ2n) is 11.0. The summed E-state index contributed by atoms with van der Waals surface area (Å²) in [6.07, 6.45) is 0.871. The van der Waals surface area contributed by atoms with Gasteiger partial charge in [-0.25, -0.2) is 0 Å². The van der Waals surface area contributed by atoms with Gasteiger partial charge < -0.3 is 10.4 Å². The van der Waals surface area contributed by atoms with E-state index in [4.69, 9.17) is 10.4 Å². The van der Waals surface area contributed by atoms with E-state index in [-0.39, 0.29) is 18.5 Å². The zero-order valence-corrected chi connectivity index (χ0v) is 22.8. The molecule has 1 amide bonds. The van der Waals surface area contributed by atoms with Gasteiger partial charge in [-0.05, 0) is 95.2 Å². The second-order valence-corrected chi connectivity index (χ2v) is 12.2. The molecule has 0 aromatic heterocycles. The van der Waals surface area contributed by atoms with Crippen molar-refractivity contribution in [3.05, 3.63) is 43.3 Å². The van der Waals surface area contributed by atoms with Crippen LogP contribution in [0.5, 0.6) is 0 Å². The van der Waals surface area contributed by atoms with E-state index in [1.165, 1.54) is 6.42 Å².